The van der Waals surface area contributed by atoms with Crippen molar-refractivity contribution < 1.29 is 33.8 Å². The van der Waals surface area contributed by atoms with Crippen LogP contribution in [0.25, 0.3) is 0 Å². The van der Waals surface area contributed by atoms with Gasteiger partial charge in [-0.05, 0) is 0 Å². The van der Waals surface area contributed by atoms with Crippen LogP contribution in [-0.4, -0.2) is 60.8 Å². The van der Waals surface area contributed by atoms with E-state index < -0.39 is 39.0 Å². The molecule has 4 atom stereocenters. The van der Waals surface area contributed by atoms with Crippen LogP contribution in [0.1, 0.15) is 0 Å². The predicted molar refractivity (Wildman–Crippen MR) is 60.3 cm³/mol. The minimum absolute atomic E-state index is 0.537. The van der Waals surface area contributed by atoms with Crippen LogP contribution < -0.4 is 5.43 Å². The van der Waals surface area contributed by atoms with E-state index in [0.717, 1.165) is 0 Å². The lowest BCUT2D eigenvalue weighted by Crippen LogP contribution is -2.39. The highest BCUT2D eigenvalue weighted by Crippen LogP contribution is 2.37. The van der Waals surface area contributed by atoms with Crippen molar-refractivity contribution in [3.8, 4) is 0 Å². The van der Waals surface area contributed by atoms with Crippen LogP contribution in [-0.2, 0) is 13.8 Å². The smallest absolute Gasteiger partial charge is 0.387 e. The quantitative estimate of drug-likeness (QED) is 0.388. The van der Waals surface area contributed by atoms with Gasteiger partial charge in [-0.1, -0.05) is 0 Å². The minimum atomic E-state index is -4.65. The van der Waals surface area contributed by atoms with Gasteiger partial charge in [-0.25, -0.2) is 9.55 Å². The van der Waals surface area contributed by atoms with Gasteiger partial charge in [0, 0.05) is 12.4 Å². The number of ether oxygens (including phenoxy) is 1. The fourth-order valence-corrected chi connectivity index (χ4v) is 1.99. The van der Waals surface area contributed by atoms with Crippen LogP contribution in [0, 0.1) is 0 Å². The van der Waals surface area contributed by atoms with Crippen LogP contribution in [0.15, 0.2) is 18.7 Å². The van der Waals surface area contributed by atoms with Gasteiger partial charge >= 0.3 is 7.82 Å². The van der Waals surface area contributed by atoms with E-state index in [9.17, 15) is 14.8 Å². The van der Waals surface area contributed by atoms with Crippen molar-refractivity contribution in [2.45, 2.75) is 24.5 Å². The second-order valence-electron chi connectivity index (χ2n) is 3.96. The maximum Gasteiger partial charge on any atom is 0.469 e. The van der Waals surface area contributed by atoms with Crippen molar-refractivity contribution in [3.05, 3.63) is 18.7 Å². The molecule has 11 heteroatoms. The number of phosphoric ester groups is 1. The van der Waals surface area contributed by atoms with Gasteiger partial charge in [0.05, 0.1) is 6.61 Å². The third kappa shape index (κ3) is 3.74. The number of aromatic nitrogens is 2. The predicted octanol–water partition coefficient (Wildman–Crippen LogP) is -2.02. The summed E-state index contributed by atoms with van der Waals surface area (Å²) in [6.07, 6.45) is -0.123. The van der Waals surface area contributed by atoms with Gasteiger partial charge < -0.3 is 24.7 Å². The SMILES string of the molecule is O=P(O)(O)OC[C@H]1OC(Nn2ccnc2)[C@H](O)[C@@H]1O. The standard InChI is InChI=1S/C8H14N3O7P/c12-6-5(3-17-19(14,15)16)18-8(7(6)13)10-11-2-1-9-4-11/h1-2,4-8,10,12-13H,3H2,(H2,14,15,16)/t5-,6-,7-,8?/m1/s1. The Morgan fingerprint density at radius 1 is 1.42 bits per heavy atom. The number of aliphatic hydroxyl groups excluding tert-OH is 2. The number of nitrogens with zero attached hydrogens (tertiary/aromatic N) is 2. The monoisotopic (exact) mass is 295 g/mol. The molecule has 0 radical (unpaired) electrons. The Kier molecular flexibility index (Phi) is 4.21. The van der Waals surface area contributed by atoms with Crippen LogP contribution in [0.2, 0.25) is 0 Å². The third-order valence-corrected chi connectivity index (χ3v) is 3.04. The number of phosphoric acid groups is 1. The van der Waals surface area contributed by atoms with Gasteiger partial charge in [-0.3, -0.25) is 14.6 Å². The zero-order chi connectivity index (χ0) is 14.0. The maximum atomic E-state index is 10.6. The van der Waals surface area contributed by atoms with Gasteiger partial charge in [0.15, 0.2) is 6.23 Å². The van der Waals surface area contributed by atoms with Crippen LogP contribution in [0.3, 0.4) is 0 Å². The molecule has 0 aliphatic carbocycles. The number of hydrogen-bond donors (Lipinski definition) is 5. The lowest BCUT2D eigenvalue weighted by molar-refractivity contribution is -0.0174. The summed E-state index contributed by atoms with van der Waals surface area (Å²) in [5.41, 5.74) is 2.70. The van der Waals surface area contributed by atoms with E-state index >= 15 is 0 Å². The van der Waals surface area contributed by atoms with Gasteiger partial charge in [0.25, 0.3) is 0 Å². The molecule has 0 aromatic carbocycles. The maximum absolute atomic E-state index is 10.6. The molecule has 10 nitrogen and oxygen atoms in total. The van der Waals surface area contributed by atoms with Crippen molar-refractivity contribution in [1.82, 2.24) is 9.66 Å². The highest BCUT2D eigenvalue weighted by atomic mass is 31.2. The molecule has 2 heterocycles. The molecule has 1 aromatic heterocycles. The second kappa shape index (κ2) is 5.55. The molecule has 0 bridgehead atoms. The zero-order valence-corrected chi connectivity index (χ0v) is 10.5. The Balaban J connectivity index is 1.92. The molecule has 1 aliphatic heterocycles. The van der Waals surface area contributed by atoms with Crippen LogP contribution >= 0.6 is 7.82 Å². The first-order chi connectivity index (χ1) is 8.87. The summed E-state index contributed by atoms with van der Waals surface area (Å²) in [6.45, 7) is -0.537. The third-order valence-electron chi connectivity index (χ3n) is 2.55. The fourth-order valence-electron chi connectivity index (χ4n) is 1.65. The summed E-state index contributed by atoms with van der Waals surface area (Å²) < 4.78 is 21.4. The topological polar surface area (TPSA) is 146 Å². The van der Waals surface area contributed by atoms with Gasteiger partial charge in [0.2, 0.25) is 0 Å². The number of hydrogen-bond acceptors (Lipinski definition) is 7. The van der Waals surface area contributed by atoms with Gasteiger partial charge in [0.1, 0.15) is 24.6 Å². The first kappa shape index (κ1) is 14.4. The molecule has 1 saturated heterocycles. The molecule has 0 spiro atoms. The van der Waals surface area contributed by atoms with E-state index in [0.29, 0.717) is 0 Å². The highest BCUT2D eigenvalue weighted by Gasteiger charge is 2.43. The van der Waals surface area contributed by atoms with Crippen LogP contribution in [0.4, 0.5) is 0 Å². The molecule has 1 unspecified atom stereocenters. The van der Waals surface area contributed by atoms with E-state index in [4.69, 9.17) is 14.5 Å². The Hall–Kier alpha value is -1.00. The van der Waals surface area contributed by atoms with E-state index in [-0.39, 0.29) is 0 Å². The average Bonchev–Trinajstić information content (AvgIpc) is 2.90. The highest BCUT2D eigenvalue weighted by molar-refractivity contribution is 7.46. The van der Waals surface area contributed by atoms with Crippen LogP contribution in [0.5, 0.6) is 0 Å². The molecule has 0 amide bonds. The van der Waals surface area contributed by atoms with Gasteiger partial charge in [-0.15, -0.1) is 0 Å². The van der Waals surface area contributed by atoms with Crippen molar-refractivity contribution in [2.24, 2.45) is 0 Å². The van der Waals surface area contributed by atoms with E-state index in [1.165, 1.54) is 17.2 Å². The van der Waals surface area contributed by atoms with E-state index in [2.05, 4.69) is 14.9 Å². The minimum Gasteiger partial charge on any atom is -0.387 e. The Morgan fingerprint density at radius 2 is 2.16 bits per heavy atom. The molecule has 2 rings (SSSR count). The summed E-state index contributed by atoms with van der Waals surface area (Å²) in [5, 5.41) is 19.4. The second-order valence-corrected chi connectivity index (χ2v) is 5.20. The molecule has 5 N–H and O–H groups in total. The molecule has 0 saturated carbocycles. The van der Waals surface area contributed by atoms with Gasteiger partial charge in [-0.2, -0.15) is 0 Å². The van der Waals surface area contributed by atoms with E-state index in [1.54, 1.807) is 6.20 Å². The lowest BCUT2D eigenvalue weighted by Gasteiger charge is -2.17. The van der Waals surface area contributed by atoms with Crippen molar-refractivity contribution in [2.75, 3.05) is 12.0 Å². The number of rotatable bonds is 5. The van der Waals surface area contributed by atoms with Crippen molar-refractivity contribution >= 4 is 7.82 Å². The zero-order valence-electron chi connectivity index (χ0n) is 9.60. The molecule has 1 aromatic rings. The molecule has 108 valence electrons. The van der Waals surface area contributed by atoms with E-state index in [1.807, 2.05) is 0 Å². The first-order valence-corrected chi connectivity index (χ1v) is 6.86. The number of nitrogens with one attached hydrogen (secondary N) is 1. The normalized spacial score (nSPS) is 31.6. The summed E-state index contributed by atoms with van der Waals surface area (Å²) in [5.74, 6) is 0. The Labute approximate surface area is 107 Å². The van der Waals surface area contributed by atoms with Crippen molar-refractivity contribution in [3.63, 3.8) is 0 Å². The average molecular weight is 295 g/mol. The summed E-state index contributed by atoms with van der Waals surface area (Å²) in [6, 6.07) is 0. The summed E-state index contributed by atoms with van der Waals surface area (Å²) >= 11 is 0. The lowest BCUT2D eigenvalue weighted by atomic mass is 10.1. The molecule has 1 fully saturated rings. The molecule has 19 heavy (non-hydrogen) atoms. The van der Waals surface area contributed by atoms with Crippen molar-refractivity contribution in [1.29, 1.82) is 0 Å². The Morgan fingerprint density at radius 3 is 2.74 bits per heavy atom. The molecule has 1 aliphatic rings. The summed E-state index contributed by atoms with van der Waals surface area (Å²) in [7, 11) is -4.65. The number of aliphatic hydroxyl groups is 2. The Bertz CT molecular complexity index is 449. The first-order valence-electron chi connectivity index (χ1n) is 5.33. The molecular formula is C8H14N3O7P. The summed E-state index contributed by atoms with van der Waals surface area (Å²) in [4.78, 5) is 20.9. The number of imidazole rings is 1. The largest absolute Gasteiger partial charge is 0.469 e. The molecular weight excluding hydrogens is 281 g/mol. The fraction of sp³-hybridized carbons (Fsp3) is 0.625.